The van der Waals surface area contributed by atoms with Gasteiger partial charge in [-0.1, -0.05) is 26.0 Å². The highest BCUT2D eigenvalue weighted by Crippen LogP contribution is 2.39. The fourth-order valence-electron chi connectivity index (χ4n) is 4.76. The van der Waals surface area contributed by atoms with Crippen LogP contribution in [0.1, 0.15) is 52.6 Å². The van der Waals surface area contributed by atoms with E-state index < -0.39 is 21.4 Å². The summed E-state index contributed by atoms with van der Waals surface area (Å²) in [7, 11) is -2.19. The Morgan fingerprint density at radius 1 is 1.26 bits per heavy atom. The van der Waals surface area contributed by atoms with Gasteiger partial charge in [0, 0.05) is 60.8 Å². The molecule has 190 valence electrons. The van der Waals surface area contributed by atoms with Crippen LogP contribution < -0.4 is 5.32 Å². The van der Waals surface area contributed by atoms with Gasteiger partial charge >= 0.3 is 6.18 Å². The van der Waals surface area contributed by atoms with Crippen LogP contribution in [-0.4, -0.2) is 56.1 Å². The van der Waals surface area contributed by atoms with Gasteiger partial charge in [0.05, 0.1) is 22.9 Å². The zero-order chi connectivity index (χ0) is 25.5. The van der Waals surface area contributed by atoms with Crippen LogP contribution in [0.5, 0.6) is 0 Å². The summed E-state index contributed by atoms with van der Waals surface area (Å²) in [5.41, 5.74) is 2.48. The maximum absolute atomic E-state index is 12.9. The topological polar surface area (TPSA) is 65.5 Å². The molecule has 35 heavy (non-hydrogen) atoms. The van der Waals surface area contributed by atoms with Crippen LogP contribution in [0.3, 0.4) is 0 Å². The van der Waals surface area contributed by atoms with E-state index in [-0.39, 0.29) is 23.8 Å². The molecule has 0 saturated carbocycles. The molecular formula is C25H31F3N4O2S. The van der Waals surface area contributed by atoms with Gasteiger partial charge in [0.25, 0.3) is 5.91 Å². The molecule has 1 aromatic carbocycles. The van der Waals surface area contributed by atoms with Crippen LogP contribution >= 0.6 is 0 Å². The smallest absolute Gasteiger partial charge is 0.352 e. The first-order chi connectivity index (χ1) is 16.3. The van der Waals surface area contributed by atoms with Crippen molar-refractivity contribution >= 4 is 21.5 Å². The lowest BCUT2D eigenvalue weighted by molar-refractivity contribution is -0.137. The Kier molecular flexibility index (Phi) is 7.00. The third kappa shape index (κ3) is 5.70. The molecule has 2 aliphatic rings. The van der Waals surface area contributed by atoms with Gasteiger partial charge in [-0.3, -0.25) is 18.9 Å². The lowest BCUT2D eigenvalue weighted by Gasteiger charge is -2.39. The summed E-state index contributed by atoms with van der Waals surface area (Å²) in [6.07, 6.45) is -1.15. The van der Waals surface area contributed by atoms with Gasteiger partial charge in [0.15, 0.2) is 0 Å². The van der Waals surface area contributed by atoms with Gasteiger partial charge in [-0.2, -0.15) is 13.2 Å². The van der Waals surface area contributed by atoms with E-state index in [0.29, 0.717) is 38.3 Å². The Bertz CT molecular complexity index is 1190. The van der Waals surface area contributed by atoms with Crippen LogP contribution in [0.4, 0.5) is 13.2 Å². The molecule has 1 saturated heterocycles. The maximum Gasteiger partial charge on any atom is 0.416 e. The molecule has 6 nitrogen and oxygen atoms in total. The summed E-state index contributed by atoms with van der Waals surface area (Å²) < 4.78 is 52.4. The SMILES string of the molecule is C=S(C)(=O)N1CC(CNC(=O)c2cnc3c(c2)CN(Cc2ccc(C(F)(F)F)cc2)[C@H]3C(C)C)C1. The Morgan fingerprint density at radius 2 is 1.91 bits per heavy atom. The molecule has 0 bridgehead atoms. The first-order valence-corrected chi connectivity index (χ1v) is 13.7. The first-order valence-electron chi connectivity index (χ1n) is 11.6. The summed E-state index contributed by atoms with van der Waals surface area (Å²) >= 11 is 0. The van der Waals surface area contributed by atoms with Gasteiger partial charge in [0.2, 0.25) is 0 Å². The van der Waals surface area contributed by atoms with Gasteiger partial charge in [-0.25, -0.2) is 4.31 Å². The van der Waals surface area contributed by atoms with E-state index >= 15 is 0 Å². The third-order valence-corrected chi connectivity index (χ3v) is 8.02. The zero-order valence-corrected chi connectivity index (χ0v) is 21.0. The zero-order valence-electron chi connectivity index (χ0n) is 20.1. The third-order valence-electron chi connectivity index (χ3n) is 6.63. The summed E-state index contributed by atoms with van der Waals surface area (Å²) in [6.45, 7) is 7.03. The van der Waals surface area contributed by atoms with E-state index in [4.69, 9.17) is 0 Å². The Hall–Kier alpha value is -2.43. The van der Waals surface area contributed by atoms with Crippen LogP contribution in [0.25, 0.3) is 0 Å². The molecule has 1 amide bonds. The normalized spacial score (nSPS) is 20.9. The number of rotatable bonds is 7. The number of alkyl halides is 3. The molecule has 2 aromatic rings. The van der Waals surface area contributed by atoms with Gasteiger partial charge in [-0.05, 0) is 41.1 Å². The summed E-state index contributed by atoms with van der Waals surface area (Å²) in [4.78, 5) is 19.5. The number of carbonyl (C=O) groups excluding carboxylic acids is 1. The minimum absolute atomic E-state index is 0.0110. The molecule has 3 heterocycles. The molecule has 0 radical (unpaired) electrons. The second-order valence-electron chi connectivity index (χ2n) is 9.94. The van der Waals surface area contributed by atoms with Crippen LogP contribution in [0, 0.1) is 11.8 Å². The average molecular weight is 509 g/mol. The minimum Gasteiger partial charge on any atom is -0.352 e. The number of amides is 1. The number of pyridine rings is 1. The minimum atomic E-state index is -4.35. The maximum atomic E-state index is 12.9. The van der Waals surface area contributed by atoms with Gasteiger partial charge in [0.1, 0.15) is 0 Å². The predicted molar refractivity (Wildman–Crippen MR) is 131 cm³/mol. The Labute approximate surface area is 204 Å². The molecule has 1 aromatic heterocycles. The number of halogens is 3. The van der Waals surface area contributed by atoms with Crippen LogP contribution in [0.2, 0.25) is 0 Å². The second-order valence-corrected chi connectivity index (χ2v) is 12.4. The van der Waals surface area contributed by atoms with Crippen molar-refractivity contribution in [2.45, 2.75) is 39.2 Å². The number of benzene rings is 1. The summed E-state index contributed by atoms with van der Waals surface area (Å²) in [5.74, 6) is 3.96. The Balaban J connectivity index is 1.41. The van der Waals surface area contributed by atoms with Crippen molar-refractivity contribution in [2.75, 3.05) is 25.9 Å². The quantitative estimate of drug-likeness (QED) is 0.579. The molecule has 2 atom stereocenters. The molecule has 10 heteroatoms. The Morgan fingerprint density at radius 3 is 2.49 bits per heavy atom. The lowest BCUT2D eigenvalue weighted by Crippen LogP contribution is -2.53. The van der Waals surface area contributed by atoms with Gasteiger partial charge in [-0.15, -0.1) is 0 Å². The predicted octanol–water partition coefficient (Wildman–Crippen LogP) is 3.74. The number of fused-ring (bicyclic) bond motifs is 1. The van der Waals surface area contributed by atoms with Crippen molar-refractivity contribution in [3.8, 4) is 0 Å². The van der Waals surface area contributed by atoms with E-state index in [1.54, 1.807) is 12.5 Å². The van der Waals surface area contributed by atoms with Crippen molar-refractivity contribution in [3.05, 3.63) is 64.5 Å². The fraction of sp³-hybridized carbons (Fsp3) is 0.480. The first kappa shape index (κ1) is 25.7. The highest BCUT2D eigenvalue weighted by molar-refractivity contribution is 7.97. The van der Waals surface area contributed by atoms with Crippen molar-refractivity contribution in [1.29, 1.82) is 0 Å². The van der Waals surface area contributed by atoms with Crippen molar-refractivity contribution in [2.24, 2.45) is 11.8 Å². The van der Waals surface area contributed by atoms with Gasteiger partial charge < -0.3 is 5.32 Å². The van der Waals surface area contributed by atoms with E-state index in [9.17, 15) is 22.2 Å². The van der Waals surface area contributed by atoms with E-state index in [1.165, 1.54) is 12.1 Å². The summed E-state index contributed by atoms with van der Waals surface area (Å²) in [5, 5.41) is 2.94. The fourth-order valence-corrected chi connectivity index (χ4v) is 5.81. The van der Waals surface area contributed by atoms with E-state index in [2.05, 4.69) is 34.9 Å². The van der Waals surface area contributed by atoms with Crippen molar-refractivity contribution in [3.63, 3.8) is 0 Å². The average Bonchev–Trinajstić information content (AvgIpc) is 3.08. The lowest BCUT2D eigenvalue weighted by atomic mass is 9.99. The molecule has 1 unspecified atom stereocenters. The molecule has 1 N–H and O–H groups in total. The highest BCUT2D eigenvalue weighted by atomic mass is 32.2. The number of nitrogens with one attached hydrogen (secondary N) is 1. The molecule has 2 aliphatic heterocycles. The van der Waals surface area contributed by atoms with Crippen LogP contribution in [-0.2, 0) is 29.0 Å². The standard InChI is InChI=1S/C25H31F3N4O2S/c1-16(2)23-22-20(15-31(23)12-17-5-7-21(8-6-17)25(26,27)28)9-19(11-29-22)24(33)30-10-18-13-32(14-18)35(3,4)34/h5-9,11,16,18,23H,3,10,12-15H2,1-2,4H3,(H,30,33)/t23-,35?/m0/s1. The highest BCUT2D eigenvalue weighted by Gasteiger charge is 2.35. The van der Waals surface area contributed by atoms with Crippen molar-refractivity contribution in [1.82, 2.24) is 19.5 Å². The molecule has 0 spiro atoms. The molecule has 1 fully saturated rings. The second kappa shape index (κ2) is 9.55. The number of nitrogens with zero attached hydrogens (tertiary/aromatic N) is 3. The number of hydrogen-bond acceptors (Lipinski definition) is 4. The van der Waals surface area contributed by atoms with E-state index in [0.717, 1.165) is 29.0 Å². The largest absolute Gasteiger partial charge is 0.416 e. The van der Waals surface area contributed by atoms with Crippen molar-refractivity contribution < 1.29 is 22.2 Å². The van der Waals surface area contributed by atoms with Crippen LogP contribution in [0.15, 0.2) is 36.5 Å². The number of hydrogen-bond donors (Lipinski definition) is 1. The monoisotopic (exact) mass is 508 g/mol. The molecule has 0 aliphatic carbocycles. The molecule has 4 rings (SSSR count). The number of carbonyl (C=O) groups is 1. The number of aromatic nitrogens is 1. The summed E-state index contributed by atoms with van der Waals surface area (Å²) in [6, 6.07) is 7.13. The van der Waals surface area contributed by atoms with E-state index in [1.807, 2.05) is 10.4 Å². The molecular weight excluding hydrogens is 477 g/mol.